The highest BCUT2D eigenvalue weighted by Crippen LogP contribution is 2.21. The summed E-state index contributed by atoms with van der Waals surface area (Å²) in [5.74, 6) is 0. The Bertz CT molecular complexity index is 383. The van der Waals surface area contributed by atoms with Crippen molar-refractivity contribution >= 4 is 10.0 Å². The molecule has 0 amide bonds. The summed E-state index contributed by atoms with van der Waals surface area (Å²) in [6.45, 7) is 2.55. The van der Waals surface area contributed by atoms with Gasteiger partial charge in [0.25, 0.3) is 0 Å². The first kappa shape index (κ1) is 6.82. The molecule has 0 atom stereocenters. The van der Waals surface area contributed by atoms with Crippen molar-refractivity contribution in [1.29, 1.82) is 0 Å². The molecule has 56 valence electrons. The van der Waals surface area contributed by atoms with Crippen LogP contribution >= 0.6 is 0 Å². The summed E-state index contributed by atoms with van der Waals surface area (Å²) in [5, 5.41) is 0. The van der Waals surface area contributed by atoms with Crippen LogP contribution in [0.5, 0.6) is 0 Å². The topological polar surface area (TPSA) is 46.2 Å². The van der Waals surface area contributed by atoms with E-state index in [2.05, 4.69) is 11.3 Å². The summed E-state index contributed by atoms with van der Waals surface area (Å²) in [6, 6.07) is 6.71. The molecule has 0 saturated heterocycles. The predicted molar refractivity (Wildman–Crippen MR) is 39.1 cm³/mol. The van der Waals surface area contributed by atoms with Gasteiger partial charge in [-0.2, -0.15) is 4.72 Å². The number of hydrogen-bond donors (Lipinski definition) is 1. The molecular formula is C7H5NO2S. The highest BCUT2D eigenvalue weighted by atomic mass is 32.2. The lowest BCUT2D eigenvalue weighted by Gasteiger charge is -1.92. The molecule has 0 unspecified atom stereocenters. The summed E-state index contributed by atoms with van der Waals surface area (Å²) < 4.78 is 24.3. The molecule has 1 N–H and O–H groups in total. The smallest absolute Gasteiger partial charge is 0.207 e. The van der Waals surface area contributed by atoms with Gasteiger partial charge in [0.2, 0.25) is 10.0 Å². The number of rotatable bonds is 0. The molecule has 0 fully saturated rings. The van der Waals surface area contributed by atoms with Gasteiger partial charge in [0.15, 0.2) is 0 Å². The van der Waals surface area contributed by atoms with Crippen LogP contribution in [0.4, 0.5) is 0 Å². The lowest BCUT2D eigenvalue weighted by atomic mass is 10.2. The Morgan fingerprint density at radius 3 is 2.73 bits per heavy atom. The molecule has 2 rings (SSSR count). The number of benzene rings is 1. The van der Waals surface area contributed by atoms with E-state index in [0.717, 1.165) is 0 Å². The Labute approximate surface area is 65.1 Å². The van der Waals surface area contributed by atoms with E-state index in [0.29, 0.717) is 10.5 Å². The average Bonchev–Trinajstić information content (AvgIpc) is 2.29. The molecule has 1 aromatic carbocycles. The monoisotopic (exact) mass is 167 g/mol. The zero-order chi connectivity index (χ0) is 7.90. The van der Waals surface area contributed by atoms with Gasteiger partial charge in [0, 0.05) is 0 Å². The summed E-state index contributed by atoms with van der Waals surface area (Å²) in [7, 11) is -3.27. The third-order valence-corrected chi connectivity index (χ3v) is 2.80. The molecule has 4 heteroatoms. The van der Waals surface area contributed by atoms with Gasteiger partial charge < -0.3 is 0 Å². The zero-order valence-corrected chi connectivity index (χ0v) is 6.35. The summed E-state index contributed by atoms with van der Waals surface area (Å²) in [6.07, 6.45) is 0. The third kappa shape index (κ3) is 0.948. The van der Waals surface area contributed by atoms with Crippen LogP contribution in [0.1, 0.15) is 5.56 Å². The van der Waals surface area contributed by atoms with Gasteiger partial charge in [0.05, 0.1) is 4.90 Å². The first-order valence-electron chi connectivity index (χ1n) is 3.07. The van der Waals surface area contributed by atoms with E-state index >= 15 is 0 Å². The van der Waals surface area contributed by atoms with E-state index in [1.165, 1.54) is 0 Å². The highest BCUT2D eigenvalue weighted by Gasteiger charge is 2.24. The van der Waals surface area contributed by atoms with Crippen LogP contribution in [-0.2, 0) is 10.0 Å². The largest absolute Gasteiger partial charge is 0.241 e. The van der Waals surface area contributed by atoms with Crippen molar-refractivity contribution < 1.29 is 8.42 Å². The van der Waals surface area contributed by atoms with Gasteiger partial charge in [-0.1, -0.05) is 18.2 Å². The van der Waals surface area contributed by atoms with Crippen molar-refractivity contribution in [3.8, 4) is 0 Å². The van der Waals surface area contributed by atoms with E-state index in [-0.39, 0.29) is 0 Å². The minimum Gasteiger partial charge on any atom is -0.207 e. The fourth-order valence-electron chi connectivity index (χ4n) is 0.981. The highest BCUT2D eigenvalue weighted by molar-refractivity contribution is 7.90. The second-order valence-electron chi connectivity index (χ2n) is 2.23. The van der Waals surface area contributed by atoms with Gasteiger partial charge >= 0.3 is 0 Å². The van der Waals surface area contributed by atoms with E-state index in [1.54, 1.807) is 24.3 Å². The molecule has 3 nitrogen and oxygen atoms in total. The molecule has 1 aromatic rings. The quantitative estimate of drug-likeness (QED) is 0.606. The van der Waals surface area contributed by atoms with Crippen molar-refractivity contribution in [2.24, 2.45) is 0 Å². The first-order chi connectivity index (χ1) is 5.20. The molecule has 1 heterocycles. The van der Waals surface area contributed by atoms with E-state index in [1.807, 2.05) is 0 Å². The Morgan fingerprint density at radius 1 is 1.27 bits per heavy atom. The number of hydrogen-bond acceptors (Lipinski definition) is 2. The summed E-state index contributed by atoms with van der Waals surface area (Å²) >= 11 is 0. The number of nitrogens with one attached hydrogen (secondary N) is 1. The van der Waals surface area contributed by atoms with E-state index in [4.69, 9.17) is 0 Å². The fraction of sp³-hybridized carbons (Fsp3) is 0. The maximum Gasteiger partial charge on any atom is 0.241 e. The maximum atomic E-state index is 11.1. The number of fused-ring (bicyclic) bond motifs is 1. The average molecular weight is 167 g/mol. The van der Waals surface area contributed by atoms with Crippen molar-refractivity contribution in [3.05, 3.63) is 36.4 Å². The Morgan fingerprint density at radius 2 is 2.00 bits per heavy atom. The Balaban J connectivity index is 2.75. The second kappa shape index (κ2) is 2.06. The van der Waals surface area contributed by atoms with Crippen LogP contribution in [0, 0.1) is 6.54 Å². The maximum absolute atomic E-state index is 11.1. The molecule has 0 saturated carbocycles. The molecule has 1 aliphatic rings. The lowest BCUT2D eigenvalue weighted by Crippen LogP contribution is -2.12. The molecule has 0 bridgehead atoms. The standard InChI is InChI=1S/C7H5NO2S/c9-11(10)7-4-2-1-3-6(7)5-8-11/h1-4,8H. The van der Waals surface area contributed by atoms with Crippen molar-refractivity contribution in [2.45, 2.75) is 4.90 Å². The Kier molecular flexibility index (Phi) is 1.27. The van der Waals surface area contributed by atoms with Gasteiger partial charge in [0.1, 0.15) is 6.54 Å². The fourth-order valence-corrected chi connectivity index (χ4v) is 2.00. The minimum absolute atomic E-state index is 0.306. The van der Waals surface area contributed by atoms with Gasteiger partial charge in [-0.3, -0.25) is 0 Å². The molecule has 1 aliphatic heterocycles. The van der Waals surface area contributed by atoms with Crippen LogP contribution in [0.15, 0.2) is 29.2 Å². The van der Waals surface area contributed by atoms with Crippen LogP contribution in [0.3, 0.4) is 0 Å². The molecule has 11 heavy (non-hydrogen) atoms. The van der Waals surface area contributed by atoms with Crippen molar-refractivity contribution in [1.82, 2.24) is 4.72 Å². The second-order valence-corrected chi connectivity index (χ2v) is 3.88. The van der Waals surface area contributed by atoms with Gasteiger partial charge in [-0.15, -0.1) is 0 Å². The van der Waals surface area contributed by atoms with Crippen LogP contribution in [0.2, 0.25) is 0 Å². The van der Waals surface area contributed by atoms with Crippen molar-refractivity contribution in [3.63, 3.8) is 0 Å². The predicted octanol–water partition coefficient (Wildman–Crippen LogP) is 0.365. The molecule has 0 aromatic heterocycles. The SMILES string of the molecule is O=S1(=O)N[C]c2ccccc21. The lowest BCUT2D eigenvalue weighted by molar-refractivity contribution is 0.593. The van der Waals surface area contributed by atoms with E-state index < -0.39 is 10.0 Å². The van der Waals surface area contributed by atoms with Crippen LogP contribution in [0.25, 0.3) is 0 Å². The zero-order valence-electron chi connectivity index (χ0n) is 5.53. The first-order valence-corrected chi connectivity index (χ1v) is 4.55. The molecular weight excluding hydrogens is 162 g/mol. The third-order valence-electron chi connectivity index (χ3n) is 1.50. The molecule has 0 spiro atoms. The Hall–Kier alpha value is -0.870. The normalized spacial score (nSPS) is 19.6. The van der Waals surface area contributed by atoms with Crippen LogP contribution in [-0.4, -0.2) is 8.42 Å². The molecule has 0 aliphatic carbocycles. The number of sulfonamides is 1. The van der Waals surface area contributed by atoms with Crippen LogP contribution < -0.4 is 4.72 Å². The van der Waals surface area contributed by atoms with E-state index in [9.17, 15) is 8.42 Å². The summed E-state index contributed by atoms with van der Waals surface area (Å²) in [4.78, 5) is 0.306. The van der Waals surface area contributed by atoms with Gasteiger partial charge in [-0.25, -0.2) is 8.42 Å². The molecule has 2 radical (unpaired) electrons. The minimum atomic E-state index is -3.27. The summed E-state index contributed by atoms with van der Waals surface area (Å²) in [5.41, 5.74) is 0.604. The van der Waals surface area contributed by atoms with Gasteiger partial charge in [-0.05, 0) is 11.6 Å². The van der Waals surface area contributed by atoms with Crippen molar-refractivity contribution in [2.75, 3.05) is 0 Å².